The normalized spacial score (nSPS) is 22.5. The molecule has 2 atom stereocenters. The first-order valence-electron chi connectivity index (χ1n) is 11.0. The number of hydrazone groups is 1. The quantitative estimate of drug-likeness (QED) is 0.717. The number of nitrogens with zero attached hydrogens (tertiary/aromatic N) is 4. The van der Waals surface area contributed by atoms with Crippen LogP contribution in [-0.4, -0.2) is 71.5 Å². The van der Waals surface area contributed by atoms with Gasteiger partial charge in [0.2, 0.25) is 0 Å². The average Bonchev–Trinajstić information content (AvgIpc) is 3.19. The number of ether oxygens (including phenoxy) is 1. The number of carbonyl (C=O) groups excluding carboxylic acids is 1. The molecule has 1 fully saturated rings. The van der Waals surface area contributed by atoms with Gasteiger partial charge in [0.05, 0.1) is 24.3 Å². The van der Waals surface area contributed by atoms with E-state index in [9.17, 15) is 14.3 Å². The maximum Gasteiger partial charge on any atom is 0.341 e. The minimum Gasteiger partial charge on any atom is -0.508 e. The van der Waals surface area contributed by atoms with Crippen LogP contribution in [0, 0.1) is 11.7 Å². The number of piperidine rings is 1. The number of urea groups is 1. The van der Waals surface area contributed by atoms with Crippen LogP contribution < -0.4 is 4.74 Å². The lowest BCUT2D eigenvalue weighted by Gasteiger charge is -2.37. The molecule has 3 aliphatic heterocycles. The lowest BCUT2D eigenvalue weighted by Crippen LogP contribution is -2.49. The monoisotopic (exact) mass is 474 g/mol. The summed E-state index contributed by atoms with van der Waals surface area (Å²) in [5.41, 5.74) is 1.98. The van der Waals surface area contributed by atoms with E-state index in [1.165, 1.54) is 17.1 Å². The zero-order valence-corrected chi connectivity index (χ0v) is 19.5. The van der Waals surface area contributed by atoms with E-state index in [2.05, 4.69) is 11.9 Å². The highest BCUT2D eigenvalue weighted by atomic mass is 35.5. The molecule has 3 heterocycles. The lowest BCUT2D eigenvalue weighted by atomic mass is 9.86. The minimum absolute atomic E-state index is 0. The van der Waals surface area contributed by atoms with Crippen LogP contribution in [-0.2, 0) is 0 Å². The summed E-state index contributed by atoms with van der Waals surface area (Å²) in [6.07, 6.45) is 1.81. The first-order valence-corrected chi connectivity index (χ1v) is 11.0. The van der Waals surface area contributed by atoms with Gasteiger partial charge in [-0.1, -0.05) is 12.1 Å². The Bertz CT molecular complexity index is 1070. The number of hydrogen-bond acceptors (Lipinski definition) is 5. The lowest BCUT2D eigenvalue weighted by molar-refractivity contribution is 0.102. The average molecular weight is 475 g/mol. The van der Waals surface area contributed by atoms with Gasteiger partial charge in [0.15, 0.2) is 0 Å². The molecular weight excluding hydrogens is 447 g/mol. The summed E-state index contributed by atoms with van der Waals surface area (Å²) >= 11 is 0. The zero-order chi connectivity index (χ0) is 22.4. The summed E-state index contributed by atoms with van der Waals surface area (Å²) in [5.74, 6) is 0.0444. The van der Waals surface area contributed by atoms with Gasteiger partial charge < -0.3 is 19.6 Å². The van der Waals surface area contributed by atoms with Crippen LogP contribution in [0.15, 0.2) is 47.6 Å². The molecule has 1 N–H and O–H groups in total. The number of rotatable bonds is 2. The molecule has 5 rings (SSSR count). The smallest absolute Gasteiger partial charge is 0.341 e. The molecule has 0 aromatic heterocycles. The van der Waals surface area contributed by atoms with E-state index in [1.807, 2.05) is 13.1 Å². The van der Waals surface area contributed by atoms with Crippen molar-refractivity contribution in [2.24, 2.45) is 11.0 Å². The summed E-state index contributed by atoms with van der Waals surface area (Å²) in [5, 5.41) is 16.3. The second-order valence-corrected chi connectivity index (χ2v) is 8.86. The highest BCUT2D eigenvalue weighted by Gasteiger charge is 2.46. The third-order valence-electron chi connectivity index (χ3n) is 6.79. The van der Waals surface area contributed by atoms with Crippen molar-refractivity contribution in [3.8, 4) is 11.5 Å². The molecule has 3 aliphatic rings. The zero-order valence-electron chi connectivity index (χ0n) is 18.6. The summed E-state index contributed by atoms with van der Waals surface area (Å²) in [7, 11) is 3.91. The van der Waals surface area contributed by atoms with E-state index < -0.39 is 6.04 Å². The van der Waals surface area contributed by atoms with Crippen LogP contribution >= 0.6 is 12.4 Å². The molecule has 0 radical (unpaired) electrons. The molecule has 2 amide bonds. The summed E-state index contributed by atoms with van der Waals surface area (Å²) in [6.45, 7) is 2.20. The first kappa shape index (κ1) is 23.3. The highest BCUT2D eigenvalue weighted by molar-refractivity contribution is 6.07. The van der Waals surface area contributed by atoms with Crippen molar-refractivity contribution in [1.29, 1.82) is 0 Å². The molecule has 0 aliphatic carbocycles. The Morgan fingerprint density at radius 2 is 1.97 bits per heavy atom. The van der Waals surface area contributed by atoms with Crippen molar-refractivity contribution >= 4 is 24.1 Å². The first-order chi connectivity index (χ1) is 15.4. The molecule has 2 aromatic rings. The summed E-state index contributed by atoms with van der Waals surface area (Å²) < 4.78 is 20.0. The van der Waals surface area contributed by atoms with Crippen molar-refractivity contribution in [3.63, 3.8) is 0 Å². The summed E-state index contributed by atoms with van der Waals surface area (Å²) in [4.78, 5) is 17.7. The Labute approximate surface area is 198 Å². The number of amides is 2. The van der Waals surface area contributed by atoms with Crippen LogP contribution in [0.3, 0.4) is 0 Å². The van der Waals surface area contributed by atoms with Gasteiger partial charge in [-0.05, 0) is 68.9 Å². The fourth-order valence-corrected chi connectivity index (χ4v) is 4.95. The Kier molecular flexibility index (Phi) is 6.50. The third-order valence-corrected chi connectivity index (χ3v) is 6.79. The van der Waals surface area contributed by atoms with Crippen LogP contribution in [0.5, 0.6) is 11.5 Å². The number of aromatic hydroxyl groups is 1. The Balaban J connectivity index is 0.00000259. The second-order valence-electron chi connectivity index (χ2n) is 8.86. The van der Waals surface area contributed by atoms with E-state index in [1.54, 1.807) is 29.2 Å². The number of phenols is 1. The van der Waals surface area contributed by atoms with Crippen molar-refractivity contribution in [3.05, 3.63) is 59.4 Å². The van der Waals surface area contributed by atoms with Gasteiger partial charge in [0.25, 0.3) is 0 Å². The number of fused-ring (bicyclic) bond motifs is 3. The van der Waals surface area contributed by atoms with Gasteiger partial charge in [-0.3, -0.25) is 0 Å². The maximum atomic E-state index is 14.0. The Morgan fingerprint density at radius 1 is 1.21 bits per heavy atom. The van der Waals surface area contributed by atoms with Gasteiger partial charge in [-0.25, -0.2) is 14.2 Å². The van der Waals surface area contributed by atoms with E-state index in [0.29, 0.717) is 23.6 Å². The molecule has 0 bridgehead atoms. The number of benzene rings is 2. The molecule has 1 saturated heterocycles. The van der Waals surface area contributed by atoms with Crippen molar-refractivity contribution in [1.82, 2.24) is 14.8 Å². The van der Waals surface area contributed by atoms with Gasteiger partial charge >= 0.3 is 6.03 Å². The minimum atomic E-state index is -0.449. The molecule has 2 aromatic carbocycles. The largest absolute Gasteiger partial charge is 0.508 e. The molecular formula is C24H28ClFN4O3. The van der Waals surface area contributed by atoms with Crippen molar-refractivity contribution in [2.45, 2.75) is 24.9 Å². The highest BCUT2D eigenvalue weighted by Crippen LogP contribution is 2.43. The van der Waals surface area contributed by atoms with Gasteiger partial charge in [-0.15, -0.1) is 12.4 Å². The van der Waals surface area contributed by atoms with E-state index in [0.717, 1.165) is 31.5 Å². The van der Waals surface area contributed by atoms with Gasteiger partial charge in [-0.2, -0.15) is 5.10 Å². The molecule has 7 nitrogen and oxygen atoms in total. The predicted molar refractivity (Wildman–Crippen MR) is 126 cm³/mol. The van der Waals surface area contributed by atoms with E-state index in [4.69, 9.17) is 9.84 Å². The molecule has 176 valence electrons. The van der Waals surface area contributed by atoms with Crippen LogP contribution in [0.25, 0.3) is 0 Å². The Morgan fingerprint density at radius 3 is 2.70 bits per heavy atom. The van der Waals surface area contributed by atoms with Crippen LogP contribution in [0.4, 0.5) is 9.18 Å². The number of halogens is 2. The fourth-order valence-electron chi connectivity index (χ4n) is 4.95. The van der Waals surface area contributed by atoms with E-state index >= 15 is 0 Å². The molecule has 0 unspecified atom stereocenters. The van der Waals surface area contributed by atoms with Gasteiger partial charge in [0, 0.05) is 18.7 Å². The van der Waals surface area contributed by atoms with Crippen molar-refractivity contribution in [2.75, 3.05) is 33.8 Å². The Hall–Kier alpha value is -2.84. The topological polar surface area (TPSA) is 68.6 Å². The number of likely N-dealkylation sites (tertiary alicyclic amines) is 1. The number of carbonyl (C=O) groups is 1. The molecule has 0 saturated carbocycles. The van der Waals surface area contributed by atoms with Crippen molar-refractivity contribution < 1.29 is 19.0 Å². The number of hydrogen-bond donors (Lipinski definition) is 1. The van der Waals surface area contributed by atoms with Crippen LogP contribution in [0.1, 0.15) is 30.0 Å². The maximum absolute atomic E-state index is 14.0. The summed E-state index contributed by atoms with van der Waals surface area (Å²) in [6, 6.07) is 10.7. The van der Waals surface area contributed by atoms with Crippen LogP contribution in [0.2, 0.25) is 0 Å². The molecule has 33 heavy (non-hydrogen) atoms. The standard InChI is InChI=1S/C24H27FN4O3.ClH/c1-27-10-8-17(9-11-27)28(2)24(31)29-23(15-4-3-5-18(30)12-15)20-14-32-21-7-6-16(25)13-19(21)22(20)26-29;/h3-7,12-13,17,20,23,30H,8-11,14H2,1-2H3;1H/t20-,23+;/m0./s1. The fraction of sp³-hybridized carbons (Fsp3) is 0.417. The van der Waals surface area contributed by atoms with Gasteiger partial charge in [0.1, 0.15) is 17.3 Å². The number of phenolic OH excluding ortho intramolecular Hbond substituents is 1. The SMILES string of the molecule is CN1CCC(N(C)C(=O)N2N=C3c4cc(F)ccc4OC[C@@H]3[C@H]2c2cccc(O)c2)CC1.Cl. The molecule has 0 spiro atoms. The van der Waals surface area contributed by atoms with E-state index in [-0.39, 0.29) is 42.0 Å². The predicted octanol–water partition coefficient (Wildman–Crippen LogP) is 3.87. The molecule has 9 heteroatoms. The second kappa shape index (κ2) is 9.19. The third kappa shape index (κ3) is 4.25.